The number of hydrogen-bond donors (Lipinski definition) is 1. The topological polar surface area (TPSA) is 41.9 Å². The minimum Gasteiger partial charge on any atom is -0.491 e. The van der Waals surface area contributed by atoms with Crippen molar-refractivity contribution in [2.24, 2.45) is 0 Å². The molecular formula is C17H27NO3. The molecule has 0 radical (unpaired) electrons. The molecule has 4 nitrogen and oxygen atoms in total. The smallest absolute Gasteiger partial charge is 0.119 e. The highest BCUT2D eigenvalue weighted by Crippen LogP contribution is 2.17. The van der Waals surface area contributed by atoms with Gasteiger partial charge >= 0.3 is 0 Å². The highest BCUT2D eigenvalue weighted by atomic mass is 16.5. The van der Waals surface area contributed by atoms with Crippen molar-refractivity contribution in [1.82, 2.24) is 4.90 Å². The molecule has 1 N–H and O–H groups in total. The molecule has 118 valence electrons. The third-order valence-electron chi connectivity index (χ3n) is 3.76. The molecule has 0 aromatic heterocycles. The van der Waals surface area contributed by atoms with Gasteiger partial charge in [0.05, 0.1) is 12.2 Å². The summed E-state index contributed by atoms with van der Waals surface area (Å²) in [5.41, 5.74) is 1.26. The van der Waals surface area contributed by atoms with Crippen molar-refractivity contribution < 1.29 is 14.6 Å². The fraction of sp³-hybridized carbons (Fsp3) is 0.647. The Morgan fingerprint density at radius 2 is 2.14 bits per heavy atom. The van der Waals surface area contributed by atoms with Crippen LogP contribution in [0.25, 0.3) is 0 Å². The van der Waals surface area contributed by atoms with E-state index in [-0.39, 0.29) is 12.2 Å². The van der Waals surface area contributed by atoms with Crippen LogP contribution in [0.4, 0.5) is 0 Å². The van der Waals surface area contributed by atoms with Gasteiger partial charge in [0.25, 0.3) is 0 Å². The minimum atomic E-state index is -0.235. The third-order valence-corrected chi connectivity index (χ3v) is 3.76. The maximum Gasteiger partial charge on any atom is 0.119 e. The summed E-state index contributed by atoms with van der Waals surface area (Å²) in [6.45, 7) is 5.13. The Labute approximate surface area is 127 Å². The predicted molar refractivity (Wildman–Crippen MR) is 83.5 cm³/mol. The molecule has 0 aliphatic carbocycles. The Morgan fingerprint density at radius 1 is 1.38 bits per heavy atom. The number of hydrogen-bond acceptors (Lipinski definition) is 4. The maximum absolute atomic E-state index is 9.30. The van der Waals surface area contributed by atoms with Gasteiger partial charge in [0.2, 0.25) is 0 Å². The summed E-state index contributed by atoms with van der Waals surface area (Å²) < 4.78 is 11.3. The molecule has 1 aliphatic heterocycles. The molecule has 0 amide bonds. The summed E-state index contributed by atoms with van der Waals surface area (Å²) in [6, 6.07) is 8.24. The van der Waals surface area contributed by atoms with Gasteiger partial charge in [-0.1, -0.05) is 12.1 Å². The molecule has 2 rings (SSSR count). The Kier molecular flexibility index (Phi) is 6.49. The third kappa shape index (κ3) is 6.04. The van der Waals surface area contributed by atoms with Crippen LogP contribution in [0.1, 0.15) is 31.7 Å². The number of benzene rings is 1. The van der Waals surface area contributed by atoms with Crippen LogP contribution in [-0.4, -0.2) is 49.0 Å². The lowest BCUT2D eigenvalue weighted by Crippen LogP contribution is -2.22. The van der Waals surface area contributed by atoms with Gasteiger partial charge in [-0.25, -0.2) is 0 Å². The van der Waals surface area contributed by atoms with Crippen LogP contribution in [-0.2, 0) is 11.3 Å². The van der Waals surface area contributed by atoms with Gasteiger partial charge in [-0.2, -0.15) is 0 Å². The lowest BCUT2D eigenvalue weighted by atomic mass is 10.2. The van der Waals surface area contributed by atoms with E-state index in [1.165, 1.54) is 5.56 Å². The number of rotatable bonds is 8. The summed E-state index contributed by atoms with van der Waals surface area (Å²) in [6.07, 6.45) is 3.08. The molecular weight excluding hydrogens is 266 g/mol. The largest absolute Gasteiger partial charge is 0.491 e. The standard InChI is InChI=1S/C17H27NO3/c1-14(19)9-10-18(2)12-15-5-7-16(8-6-15)21-13-17-4-3-11-20-17/h5-8,14,17,19H,3-4,9-13H2,1-2H3. The molecule has 1 saturated heterocycles. The zero-order valence-corrected chi connectivity index (χ0v) is 13.1. The molecule has 2 unspecified atom stereocenters. The summed E-state index contributed by atoms with van der Waals surface area (Å²) in [5, 5.41) is 9.30. The average molecular weight is 293 g/mol. The highest BCUT2D eigenvalue weighted by Gasteiger charge is 2.15. The van der Waals surface area contributed by atoms with Gasteiger partial charge in [0, 0.05) is 19.7 Å². The van der Waals surface area contributed by atoms with E-state index in [9.17, 15) is 5.11 Å². The Bertz CT molecular complexity index is 399. The van der Waals surface area contributed by atoms with E-state index in [0.29, 0.717) is 6.61 Å². The van der Waals surface area contributed by atoms with E-state index in [2.05, 4.69) is 24.1 Å². The predicted octanol–water partition coefficient (Wildman–Crippen LogP) is 2.45. The first-order chi connectivity index (χ1) is 10.1. The quantitative estimate of drug-likeness (QED) is 0.799. The number of aliphatic hydroxyl groups is 1. The molecule has 1 fully saturated rings. The second-order valence-corrected chi connectivity index (χ2v) is 5.97. The van der Waals surface area contributed by atoms with Gasteiger partial charge in [0.15, 0.2) is 0 Å². The maximum atomic E-state index is 9.30. The molecule has 0 spiro atoms. The van der Waals surface area contributed by atoms with E-state index in [4.69, 9.17) is 9.47 Å². The Hall–Kier alpha value is -1.10. The van der Waals surface area contributed by atoms with Crippen LogP contribution < -0.4 is 4.74 Å². The normalized spacial score (nSPS) is 19.9. The molecule has 1 heterocycles. The average Bonchev–Trinajstić information content (AvgIpc) is 2.98. The van der Waals surface area contributed by atoms with E-state index in [0.717, 1.165) is 44.7 Å². The van der Waals surface area contributed by atoms with Crippen LogP contribution in [0, 0.1) is 0 Å². The zero-order valence-electron chi connectivity index (χ0n) is 13.1. The van der Waals surface area contributed by atoms with Crippen LogP contribution in [0.5, 0.6) is 5.75 Å². The first-order valence-corrected chi connectivity index (χ1v) is 7.83. The van der Waals surface area contributed by atoms with Crippen molar-refractivity contribution in [1.29, 1.82) is 0 Å². The van der Waals surface area contributed by atoms with Crippen molar-refractivity contribution in [3.05, 3.63) is 29.8 Å². The van der Waals surface area contributed by atoms with Gasteiger partial charge in [0.1, 0.15) is 12.4 Å². The second-order valence-electron chi connectivity index (χ2n) is 5.97. The van der Waals surface area contributed by atoms with Gasteiger partial charge in [-0.15, -0.1) is 0 Å². The molecule has 1 aromatic rings. The van der Waals surface area contributed by atoms with Crippen molar-refractivity contribution in [3.63, 3.8) is 0 Å². The van der Waals surface area contributed by atoms with Crippen molar-refractivity contribution in [2.45, 2.75) is 44.9 Å². The fourth-order valence-electron chi connectivity index (χ4n) is 2.45. The van der Waals surface area contributed by atoms with Gasteiger partial charge in [-0.3, -0.25) is 0 Å². The summed E-state index contributed by atoms with van der Waals surface area (Å²) in [7, 11) is 2.07. The van der Waals surface area contributed by atoms with Crippen molar-refractivity contribution in [3.8, 4) is 5.75 Å². The molecule has 4 heteroatoms. The van der Waals surface area contributed by atoms with Crippen LogP contribution in [0.15, 0.2) is 24.3 Å². The second kappa shape index (κ2) is 8.37. The zero-order chi connectivity index (χ0) is 15.1. The summed E-state index contributed by atoms with van der Waals surface area (Å²) >= 11 is 0. The monoisotopic (exact) mass is 293 g/mol. The van der Waals surface area contributed by atoms with Crippen LogP contribution >= 0.6 is 0 Å². The molecule has 0 saturated carbocycles. The molecule has 1 aliphatic rings. The lowest BCUT2D eigenvalue weighted by molar-refractivity contribution is 0.0679. The van der Waals surface area contributed by atoms with E-state index in [1.807, 2.05) is 19.1 Å². The van der Waals surface area contributed by atoms with Crippen molar-refractivity contribution >= 4 is 0 Å². The van der Waals surface area contributed by atoms with E-state index < -0.39 is 0 Å². The molecule has 0 bridgehead atoms. The highest BCUT2D eigenvalue weighted by molar-refractivity contribution is 5.27. The lowest BCUT2D eigenvalue weighted by Gasteiger charge is -2.18. The molecule has 21 heavy (non-hydrogen) atoms. The number of nitrogens with zero attached hydrogens (tertiary/aromatic N) is 1. The molecule has 2 atom stereocenters. The van der Waals surface area contributed by atoms with Crippen molar-refractivity contribution in [2.75, 3.05) is 26.8 Å². The molecule has 1 aromatic carbocycles. The van der Waals surface area contributed by atoms with Gasteiger partial charge < -0.3 is 19.5 Å². The van der Waals surface area contributed by atoms with Crippen LogP contribution in [0.2, 0.25) is 0 Å². The first-order valence-electron chi connectivity index (χ1n) is 7.83. The SMILES string of the molecule is CC(O)CCN(C)Cc1ccc(OCC2CCCO2)cc1. The number of ether oxygens (including phenoxy) is 2. The Balaban J connectivity index is 1.73. The number of aliphatic hydroxyl groups excluding tert-OH is 1. The fourth-order valence-corrected chi connectivity index (χ4v) is 2.45. The van der Waals surface area contributed by atoms with Crippen LogP contribution in [0.3, 0.4) is 0 Å². The summed E-state index contributed by atoms with van der Waals surface area (Å²) in [4.78, 5) is 2.22. The first kappa shape index (κ1) is 16.3. The van der Waals surface area contributed by atoms with E-state index in [1.54, 1.807) is 0 Å². The Morgan fingerprint density at radius 3 is 2.76 bits per heavy atom. The summed E-state index contributed by atoms with van der Waals surface area (Å²) in [5.74, 6) is 0.904. The van der Waals surface area contributed by atoms with E-state index >= 15 is 0 Å². The minimum absolute atomic E-state index is 0.235. The van der Waals surface area contributed by atoms with Gasteiger partial charge in [-0.05, 0) is 50.9 Å².